The number of rotatable bonds is 1. The first-order valence-corrected chi connectivity index (χ1v) is 1.22. The topological polar surface area (TPSA) is 9.23 Å². The average molecular weight is 133 g/mol. The molecule has 0 N–H and O–H groups in total. The van der Waals surface area contributed by atoms with Crippen molar-refractivity contribution in [3.8, 4) is 0 Å². The number of hydrogen-bond donors (Lipinski definition) is 0. The van der Waals surface area contributed by atoms with Gasteiger partial charge in [-0.05, 0) is 6.26 Å². The first-order chi connectivity index (χ1) is 2.41. The molecule has 0 amide bonds. The van der Waals surface area contributed by atoms with Gasteiger partial charge >= 0.3 is 17.1 Å². The Labute approximate surface area is 48.2 Å². The molecule has 0 heterocycles. The molecule has 0 bridgehead atoms. The predicted octanol–water partition coefficient (Wildman–Crippen LogP) is 0.732. The first-order valence-electron chi connectivity index (χ1n) is 1.22. The SMILES string of the molecule is C=C=[C-]OC.[Cu+]. The van der Waals surface area contributed by atoms with Gasteiger partial charge in [0.15, 0.2) is 0 Å². The summed E-state index contributed by atoms with van der Waals surface area (Å²) in [6.07, 6.45) is 2.25. The second-order valence-electron chi connectivity index (χ2n) is 0.483. The van der Waals surface area contributed by atoms with Gasteiger partial charge in [-0.3, -0.25) is 5.73 Å². The largest absolute Gasteiger partial charge is 1.00 e. The van der Waals surface area contributed by atoms with Crippen LogP contribution >= 0.6 is 0 Å². The molecular weight excluding hydrogens is 128 g/mol. The third-order valence-electron chi connectivity index (χ3n) is 0.174. The molecule has 0 aromatic carbocycles. The summed E-state index contributed by atoms with van der Waals surface area (Å²) in [4.78, 5) is 0. The van der Waals surface area contributed by atoms with Crippen LogP contribution in [0.1, 0.15) is 0 Å². The smallest absolute Gasteiger partial charge is 0.588 e. The molecule has 38 valence electrons. The Morgan fingerprint density at radius 1 is 1.83 bits per heavy atom. The maximum Gasteiger partial charge on any atom is 1.00 e. The van der Waals surface area contributed by atoms with Gasteiger partial charge in [0.25, 0.3) is 0 Å². The van der Waals surface area contributed by atoms with Crippen LogP contribution in [0.4, 0.5) is 0 Å². The molecule has 2 heteroatoms. The van der Waals surface area contributed by atoms with E-state index in [1.54, 1.807) is 0 Å². The van der Waals surface area contributed by atoms with Gasteiger partial charge in [0.05, 0.1) is 7.11 Å². The molecule has 0 atom stereocenters. The molecule has 0 aromatic heterocycles. The maximum absolute atomic E-state index is 4.27. The molecule has 0 aromatic rings. The van der Waals surface area contributed by atoms with Crippen LogP contribution in [-0.4, -0.2) is 7.11 Å². The van der Waals surface area contributed by atoms with E-state index in [1.165, 1.54) is 7.11 Å². The van der Waals surface area contributed by atoms with Crippen LogP contribution in [0.25, 0.3) is 0 Å². The van der Waals surface area contributed by atoms with E-state index in [2.05, 4.69) is 23.3 Å². The van der Waals surface area contributed by atoms with Crippen LogP contribution in [0.5, 0.6) is 0 Å². The van der Waals surface area contributed by atoms with Crippen LogP contribution < -0.4 is 0 Å². The first kappa shape index (κ1) is 9.28. The van der Waals surface area contributed by atoms with E-state index in [1.807, 2.05) is 0 Å². The summed E-state index contributed by atoms with van der Waals surface area (Å²) in [5.74, 6) is 0. The predicted molar refractivity (Wildman–Crippen MR) is 19.4 cm³/mol. The molecule has 0 spiro atoms. The minimum atomic E-state index is 0. The normalized spacial score (nSPS) is 4.17. The van der Waals surface area contributed by atoms with Crippen LogP contribution in [0, 0.1) is 6.26 Å². The average Bonchev–Trinajstić information content (AvgIpc) is 1.41. The van der Waals surface area contributed by atoms with Gasteiger partial charge in [-0.1, -0.05) is 0 Å². The fourth-order valence-corrected chi connectivity index (χ4v) is 0.0722. The monoisotopic (exact) mass is 132 g/mol. The number of methoxy groups -OCH3 is 1. The fraction of sp³-hybridized carbons (Fsp3) is 0.250. The summed E-state index contributed by atoms with van der Waals surface area (Å²) in [6.45, 7) is 3.19. The van der Waals surface area contributed by atoms with E-state index in [-0.39, 0.29) is 17.1 Å². The van der Waals surface area contributed by atoms with Crippen molar-refractivity contribution in [3.05, 3.63) is 18.6 Å². The van der Waals surface area contributed by atoms with Crippen molar-refractivity contribution in [2.45, 2.75) is 0 Å². The zero-order valence-corrected chi connectivity index (χ0v) is 4.36. The third kappa shape index (κ3) is 9.15. The third-order valence-corrected chi connectivity index (χ3v) is 0.174. The Bertz CT molecular complexity index is 54.6. The molecule has 0 saturated carbocycles. The van der Waals surface area contributed by atoms with Crippen molar-refractivity contribution in [1.82, 2.24) is 0 Å². The quantitative estimate of drug-likeness (QED) is 0.221. The van der Waals surface area contributed by atoms with Gasteiger partial charge in [0, 0.05) is 0 Å². The van der Waals surface area contributed by atoms with Crippen molar-refractivity contribution < 1.29 is 21.8 Å². The summed E-state index contributed by atoms with van der Waals surface area (Å²) in [5, 5.41) is 0. The number of ether oxygens (including phenoxy) is 1. The van der Waals surface area contributed by atoms with Gasteiger partial charge in [-0.25, -0.2) is 6.58 Å². The Hall–Kier alpha value is -0.161. The van der Waals surface area contributed by atoms with Gasteiger partial charge < -0.3 is 4.74 Å². The molecule has 1 nitrogen and oxygen atoms in total. The molecule has 0 rings (SSSR count). The minimum Gasteiger partial charge on any atom is -0.588 e. The minimum absolute atomic E-state index is 0. The zero-order chi connectivity index (χ0) is 4.12. The molecule has 0 fully saturated rings. The van der Waals surface area contributed by atoms with Crippen molar-refractivity contribution >= 4 is 0 Å². The second kappa shape index (κ2) is 8.85. The Balaban J connectivity index is 0. The zero-order valence-electron chi connectivity index (χ0n) is 3.42. The van der Waals surface area contributed by atoms with E-state index in [9.17, 15) is 0 Å². The standard InChI is InChI=1S/C4H5O.Cu/c1-3-4-5-2;/h1H2,2H3;/q-1;+1. The van der Waals surface area contributed by atoms with Crippen LogP contribution in [0.15, 0.2) is 12.3 Å². The van der Waals surface area contributed by atoms with Gasteiger partial charge in [-0.2, -0.15) is 0 Å². The van der Waals surface area contributed by atoms with Gasteiger partial charge in [-0.15, -0.1) is 0 Å². The Kier molecular flexibility index (Phi) is 13.7. The van der Waals surface area contributed by atoms with Crippen molar-refractivity contribution in [1.29, 1.82) is 0 Å². The van der Waals surface area contributed by atoms with Crippen molar-refractivity contribution in [3.63, 3.8) is 0 Å². The second-order valence-corrected chi connectivity index (χ2v) is 0.483. The molecule has 0 unspecified atom stereocenters. The summed E-state index contributed by atoms with van der Waals surface area (Å²) in [5.41, 5.74) is 2.30. The van der Waals surface area contributed by atoms with E-state index < -0.39 is 0 Å². The molecule has 0 aliphatic heterocycles. The van der Waals surface area contributed by atoms with E-state index in [0.717, 1.165) is 0 Å². The molecule has 6 heavy (non-hydrogen) atoms. The van der Waals surface area contributed by atoms with Crippen LogP contribution in [-0.2, 0) is 21.8 Å². The molecule has 0 aliphatic carbocycles. The Morgan fingerprint density at radius 2 is 2.33 bits per heavy atom. The Morgan fingerprint density at radius 3 is 2.33 bits per heavy atom. The number of hydrogen-bond acceptors (Lipinski definition) is 1. The maximum atomic E-state index is 4.27. The fourth-order valence-electron chi connectivity index (χ4n) is 0.0722. The summed E-state index contributed by atoms with van der Waals surface area (Å²) >= 11 is 0. The van der Waals surface area contributed by atoms with Crippen molar-refractivity contribution in [2.75, 3.05) is 7.11 Å². The summed E-state index contributed by atoms with van der Waals surface area (Å²) < 4.78 is 4.27. The molecule has 0 radical (unpaired) electrons. The summed E-state index contributed by atoms with van der Waals surface area (Å²) in [7, 11) is 1.50. The molecular formula is C4H5CuO. The molecule has 0 saturated heterocycles. The summed E-state index contributed by atoms with van der Waals surface area (Å²) in [6, 6.07) is 0. The van der Waals surface area contributed by atoms with Crippen molar-refractivity contribution in [2.24, 2.45) is 0 Å². The van der Waals surface area contributed by atoms with E-state index in [0.29, 0.717) is 0 Å². The van der Waals surface area contributed by atoms with E-state index in [4.69, 9.17) is 0 Å². The van der Waals surface area contributed by atoms with Crippen LogP contribution in [0.3, 0.4) is 0 Å². The van der Waals surface area contributed by atoms with E-state index >= 15 is 0 Å². The molecule has 0 aliphatic rings. The van der Waals surface area contributed by atoms with Gasteiger partial charge in [0.1, 0.15) is 0 Å². The van der Waals surface area contributed by atoms with Gasteiger partial charge in [0.2, 0.25) is 0 Å². The van der Waals surface area contributed by atoms with Crippen LogP contribution in [0.2, 0.25) is 0 Å².